The molecule has 100 valence electrons. The molecule has 0 saturated carbocycles. The number of rotatable bonds is 4. The Morgan fingerprint density at radius 1 is 1.61 bits per heavy atom. The van der Waals surface area contributed by atoms with Crippen molar-refractivity contribution in [3.8, 4) is 0 Å². The van der Waals surface area contributed by atoms with Crippen LogP contribution in [-0.4, -0.2) is 51.5 Å². The number of thioether (sulfide) groups is 1. The van der Waals surface area contributed by atoms with E-state index in [0.717, 1.165) is 0 Å². The second-order valence-electron chi connectivity index (χ2n) is 3.95. The Morgan fingerprint density at radius 2 is 2.17 bits per heavy atom. The highest BCUT2D eigenvalue weighted by Crippen LogP contribution is 2.21. The predicted octanol–water partition coefficient (Wildman–Crippen LogP) is -0.431. The molecule has 1 amide bonds. The van der Waals surface area contributed by atoms with Crippen molar-refractivity contribution in [2.45, 2.75) is 24.7 Å². The Labute approximate surface area is 108 Å². The van der Waals surface area contributed by atoms with Crippen LogP contribution in [0, 0.1) is 0 Å². The van der Waals surface area contributed by atoms with E-state index < -0.39 is 17.3 Å². The Bertz CT molecular complexity index is 387. The van der Waals surface area contributed by atoms with Crippen molar-refractivity contribution in [1.82, 2.24) is 5.32 Å². The number of aliphatic hydroxyl groups excluding tert-OH is 1. The summed E-state index contributed by atoms with van der Waals surface area (Å²) in [7, 11) is 0. The molecule has 0 aromatic carbocycles. The summed E-state index contributed by atoms with van der Waals surface area (Å²) in [6, 6.07) is 0. The fourth-order valence-electron chi connectivity index (χ4n) is 1.16. The zero-order valence-corrected chi connectivity index (χ0v) is 10.7. The van der Waals surface area contributed by atoms with Crippen molar-refractivity contribution in [1.29, 1.82) is 0 Å². The van der Waals surface area contributed by atoms with Crippen LogP contribution in [0.5, 0.6) is 0 Å². The van der Waals surface area contributed by atoms with Crippen molar-refractivity contribution < 1.29 is 24.6 Å². The molecule has 3 N–H and O–H groups in total. The monoisotopic (exact) mass is 273 g/mol. The van der Waals surface area contributed by atoms with Gasteiger partial charge >= 0.3 is 5.97 Å². The number of carboxylic acid groups (broad SMARTS) is 1. The number of carboxylic acids is 1. The van der Waals surface area contributed by atoms with Gasteiger partial charge in [-0.2, -0.15) is 0 Å². The number of ketones is 1. The minimum Gasteiger partial charge on any atom is -0.480 e. The maximum absolute atomic E-state index is 11.2. The Hall–Kier alpha value is -1.34. The van der Waals surface area contributed by atoms with E-state index in [4.69, 9.17) is 10.2 Å². The molecule has 6 nitrogen and oxygen atoms in total. The average Bonchev–Trinajstić information content (AvgIpc) is 2.99. The fourth-order valence-corrected chi connectivity index (χ4v) is 1.99. The molecule has 0 bridgehead atoms. The fraction of sp³-hybridized carbons (Fsp3) is 0.545. The summed E-state index contributed by atoms with van der Waals surface area (Å²) in [4.78, 5) is 31.1. The molecule has 1 aliphatic carbocycles. The molecular weight excluding hydrogens is 258 g/mol. The standard InChI is InChI=1S/C9H12O4S.C2H3NO/c1-5(9(12)13)14-4-6-2-7(10)3-8(6)11;4-2-1-3-2/h2,5,7,10H,3-4H2,1H3,(H,12,13);1H2,(H,3,4)/t5?,7-;/m0./s1. The van der Waals surface area contributed by atoms with Crippen LogP contribution in [0.25, 0.3) is 0 Å². The number of nitrogens with one attached hydrogen (secondary N) is 1. The summed E-state index contributed by atoms with van der Waals surface area (Å²) in [6.07, 6.45) is 0.958. The summed E-state index contributed by atoms with van der Waals surface area (Å²) in [5, 5.41) is 19.7. The van der Waals surface area contributed by atoms with Gasteiger partial charge in [0, 0.05) is 17.7 Å². The molecule has 2 atom stereocenters. The second kappa shape index (κ2) is 6.55. The molecule has 1 saturated heterocycles. The molecule has 7 heteroatoms. The van der Waals surface area contributed by atoms with Crippen LogP contribution < -0.4 is 5.32 Å². The highest BCUT2D eigenvalue weighted by Gasteiger charge is 2.23. The zero-order valence-electron chi connectivity index (χ0n) is 9.88. The topological polar surface area (TPSA) is 114 Å². The number of carbonyl (C=O) groups excluding carboxylic acids is 2. The lowest BCUT2D eigenvalue weighted by molar-refractivity contribution is -0.136. The molecule has 2 aliphatic rings. The molecule has 0 aromatic rings. The predicted molar refractivity (Wildman–Crippen MR) is 66.3 cm³/mol. The first-order chi connectivity index (χ1) is 8.40. The number of carbonyl (C=O) groups is 3. The van der Waals surface area contributed by atoms with Gasteiger partial charge in [0.05, 0.1) is 17.9 Å². The number of amides is 1. The Morgan fingerprint density at radius 3 is 2.50 bits per heavy atom. The van der Waals surface area contributed by atoms with Crippen LogP contribution in [-0.2, 0) is 14.4 Å². The molecule has 1 aliphatic heterocycles. The van der Waals surface area contributed by atoms with E-state index in [1.54, 1.807) is 6.92 Å². The lowest BCUT2D eigenvalue weighted by atomic mass is 10.2. The zero-order chi connectivity index (χ0) is 13.7. The molecule has 1 fully saturated rings. The highest BCUT2D eigenvalue weighted by molar-refractivity contribution is 8.00. The summed E-state index contributed by atoms with van der Waals surface area (Å²) in [6.45, 7) is 2.17. The van der Waals surface area contributed by atoms with Gasteiger partial charge in [0.25, 0.3) is 0 Å². The number of hydrogen-bond acceptors (Lipinski definition) is 5. The minimum absolute atomic E-state index is 0.0809. The van der Waals surface area contributed by atoms with Crippen molar-refractivity contribution in [3.05, 3.63) is 11.6 Å². The summed E-state index contributed by atoms with van der Waals surface area (Å²) in [5.41, 5.74) is 0.538. The van der Waals surface area contributed by atoms with Gasteiger partial charge in [-0.1, -0.05) is 0 Å². The molecule has 2 rings (SSSR count). The lowest BCUT2D eigenvalue weighted by Crippen LogP contribution is -2.13. The average molecular weight is 273 g/mol. The van der Waals surface area contributed by atoms with Gasteiger partial charge in [0.2, 0.25) is 5.91 Å². The van der Waals surface area contributed by atoms with Crippen LogP contribution in [0.1, 0.15) is 13.3 Å². The number of Topliss-reactive ketones (excluding diaryl/α,β-unsaturated/α-hetero) is 1. The third-order valence-electron chi connectivity index (χ3n) is 2.30. The van der Waals surface area contributed by atoms with E-state index in [1.807, 2.05) is 0 Å². The summed E-state index contributed by atoms with van der Waals surface area (Å²) >= 11 is 1.19. The number of hydrogen-bond donors (Lipinski definition) is 3. The first-order valence-corrected chi connectivity index (χ1v) is 6.48. The summed E-state index contributed by atoms with van der Waals surface area (Å²) < 4.78 is 0. The highest BCUT2D eigenvalue weighted by atomic mass is 32.2. The quantitative estimate of drug-likeness (QED) is 0.599. The molecule has 1 unspecified atom stereocenters. The van der Waals surface area contributed by atoms with Gasteiger partial charge in [0.15, 0.2) is 5.78 Å². The Kier molecular flexibility index (Phi) is 5.36. The molecule has 1 heterocycles. The van der Waals surface area contributed by atoms with Crippen molar-refractivity contribution in [2.24, 2.45) is 0 Å². The van der Waals surface area contributed by atoms with Crippen molar-refractivity contribution in [2.75, 3.05) is 12.3 Å². The van der Waals surface area contributed by atoms with Crippen molar-refractivity contribution in [3.63, 3.8) is 0 Å². The number of aliphatic carboxylic acids is 1. The minimum atomic E-state index is -0.887. The normalized spacial score (nSPS) is 22.6. The smallest absolute Gasteiger partial charge is 0.316 e. The van der Waals surface area contributed by atoms with E-state index in [9.17, 15) is 14.4 Å². The van der Waals surface area contributed by atoms with Crippen molar-refractivity contribution >= 4 is 29.4 Å². The van der Waals surface area contributed by atoms with E-state index in [2.05, 4.69) is 5.32 Å². The van der Waals surface area contributed by atoms with E-state index in [-0.39, 0.29) is 18.1 Å². The van der Waals surface area contributed by atoms with Gasteiger partial charge in [-0.15, -0.1) is 11.8 Å². The van der Waals surface area contributed by atoms with Crippen LogP contribution in [0.3, 0.4) is 0 Å². The SMILES string of the molecule is CC(SCC1=C[C@H](O)CC1=O)C(=O)O.O=C1CN1. The maximum Gasteiger partial charge on any atom is 0.316 e. The van der Waals surface area contributed by atoms with E-state index in [0.29, 0.717) is 17.9 Å². The molecule has 0 aromatic heterocycles. The van der Waals surface area contributed by atoms with Gasteiger partial charge in [-0.25, -0.2) is 0 Å². The maximum atomic E-state index is 11.2. The van der Waals surface area contributed by atoms with Crippen LogP contribution in [0.4, 0.5) is 0 Å². The largest absolute Gasteiger partial charge is 0.480 e. The van der Waals surface area contributed by atoms with Gasteiger partial charge < -0.3 is 15.5 Å². The van der Waals surface area contributed by atoms with Crippen LogP contribution >= 0.6 is 11.8 Å². The third-order valence-corrected chi connectivity index (χ3v) is 3.48. The van der Waals surface area contributed by atoms with Crippen LogP contribution in [0.15, 0.2) is 11.6 Å². The lowest BCUT2D eigenvalue weighted by Gasteiger charge is -2.05. The van der Waals surface area contributed by atoms with Gasteiger partial charge in [0.1, 0.15) is 0 Å². The Balaban J connectivity index is 0.000000341. The number of aliphatic hydroxyl groups is 1. The second-order valence-corrected chi connectivity index (χ2v) is 5.28. The third kappa shape index (κ3) is 5.33. The molecule has 0 spiro atoms. The first-order valence-electron chi connectivity index (χ1n) is 5.43. The first kappa shape index (κ1) is 14.7. The summed E-state index contributed by atoms with van der Waals surface area (Å²) in [5.74, 6) is -0.437. The van der Waals surface area contributed by atoms with Gasteiger partial charge in [-0.05, 0) is 13.0 Å². The van der Waals surface area contributed by atoms with Crippen LogP contribution in [0.2, 0.25) is 0 Å². The molecular formula is C11H15NO5S. The molecule has 18 heavy (non-hydrogen) atoms. The molecule has 0 radical (unpaired) electrons. The van der Waals surface area contributed by atoms with Gasteiger partial charge in [-0.3, -0.25) is 14.4 Å². The van der Waals surface area contributed by atoms with E-state index in [1.165, 1.54) is 17.8 Å². The van der Waals surface area contributed by atoms with E-state index >= 15 is 0 Å².